The molecule has 5 nitrogen and oxygen atoms in total. The lowest BCUT2D eigenvalue weighted by molar-refractivity contribution is 0.0947. The Morgan fingerprint density at radius 3 is 2.65 bits per heavy atom. The van der Waals surface area contributed by atoms with Crippen LogP contribution in [0.25, 0.3) is 11.0 Å². The summed E-state index contributed by atoms with van der Waals surface area (Å²) in [7, 11) is 0. The fourth-order valence-electron chi connectivity index (χ4n) is 2.68. The van der Waals surface area contributed by atoms with Crippen LogP contribution in [0.2, 0.25) is 5.02 Å². The van der Waals surface area contributed by atoms with E-state index in [2.05, 4.69) is 10.3 Å². The van der Waals surface area contributed by atoms with Crippen LogP contribution in [0.1, 0.15) is 29.8 Å². The SMILES string of the molecule is CC(C)CNC(=O)c1cc2cccnc2n(Cc2ccc(Cl)cc2)c1=O. The van der Waals surface area contributed by atoms with Crippen LogP contribution in [0, 0.1) is 5.92 Å². The van der Waals surface area contributed by atoms with Crippen molar-refractivity contribution in [3.8, 4) is 0 Å². The smallest absolute Gasteiger partial charge is 0.265 e. The molecule has 1 aromatic carbocycles. The van der Waals surface area contributed by atoms with E-state index in [0.29, 0.717) is 29.7 Å². The number of carbonyl (C=O) groups excluding carboxylic acids is 1. The number of benzene rings is 1. The molecule has 3 aromatic rings. The molecule has 0 saturated heterocycles. The highest BCUT2D eigenvalue weighted by atomic mass is 35.5. The molecular formula is C20H20ClN3O2. The summed E-state index contributed by atoms with van der Waals surface area (Å²) in [5.74, 6) is -0.0586. The van der Waals surface area contributed by atoms with E-state index in [1.54, 1.807) is 30.5 Å². The van der Waals surface area contributed by atoms with Crippen LogP contribution in [0.15, 0.2) is 53.5 Å². The monoisotopic (exact) mass is 369 g/mol. The number of fused-ring (bicyclic) bond motifs is 1. The van der Waals surface area contributed by atoms with Crippen LogP contribution >= 0.6 is 11.6 Å². The van der Waals surface area contributed by atoms with Gasteiger partial charge in [0.25, 0.3) is 11.5 Å². The normalized spacial score (nSPS) is 11.1. The van der Waals surface area contributed by atoms with Crippen molar-refractivity contribution in [2.45, 2.75) is 20.4 Å². The van der Waals surface area contributed by atoms with Crippen LogP contribution in [0.3, 0.4) is 0 Å². The number of nitrogens with one attached hydrogen (secondary N) is 1. The molecule has 0 unspecified atom stereocenters. The lowest BCUT2D eigenvalue weighted by Crippen LogP contribution is -2.35. The Bertz CT molecular complexity index is 994. The fraction of sp³-hybridized carbons (Fsp3) is 0.250. The van der Waals surface area contributed by atoms with Crippen molar-refractivity contribution < 1.29 is 4.79 Å². The van der Waals surface area contributed by atoms with Crippen LogP contribution in [-0.4, -0.2) is 22.0 Å². The Balaban J connectivity index is 2.08. The predicted molar refractivity (Wildman–Crippen MR) is 104 cm³/mol. The number of hydrogen-bond donors (Lipinski definition) is 1. The number of hydrogen-bond acceptors (Lipinski definition) is 3. The van der Waals surface area contributed by atoms with Crippen molar-refractivity contribution in [1.82, 2.24) is 14.9 Å². The van der Waals surface area contributed by atoms with Gasteiger partial charge in [-0.25, -0.2) is 4.98 Å². The topological polar surface area (TPSA) is 64.0 Å². The van der Waals surface area contributed by atoms with Gasteiger partial charge in [0, 0.05) is 23.2 Å². The van der Waals surface area contributed by atoms with E-state index < -0.39 is 0 Å². The molecule has 0 aliphatic heterocycles. The van der Waals surface area contributed by atoms with E-state index in [-0.39, 0.29) is 17.0 Å². The molecule has 0 atom stereocenters. The number of amides is 1. The molecule has 0 bridgehead atoms. The van der Waals surface area contributed by atoms with E-state index in [9.17, 15) is 9.59 Å². The molecule has 0 aliphatic rings. The first-order valence-corrected chi connectivity index (χ1v) is 8.84. The molecule has 0 aliphatic carbocycles. The molecule has 2 heterocycles. The van der Waals surface area contributed by atoms with E-state index >= 15 is 0 Å². The molecule has 0 fully saturated rings. The number of halogens is 1. The Morgan fingerprint density at radius 2 is 1.96 bits per heavy atom. The van der Waals surface area contributed by atoms with E-state index in [0.717, 1.165) is 10.9 Å². The maximum atomic E-state index is 13.0. The molecule has 26 heavy (non-hydrogen) atoms. The standard InChI is InChI=1S/C20H20ClN3O2/c1-13(2)11-23-19(25)17-10-15-4-3-9-22-18(15)24(20(17)26)12-14-5-7-16(21)8-6-14/h3-10,13H,11-12H2,1-2H3,(H,23,25). The second-order valence-electron chi connectivity index (χ2n) is 6.60. The van der Waals surface area contributed by atoms with Crippen molar-refractivity contribution in [2.24, 2.45) is 5.92 Å². The number of pyridine rings is 2. The van der Waals surface area contributed by atoms with Crippen molar-refractivity contribution >= 4 is 28.5 Å². The highest BCUT2D eigenvalue weighted by Crippen LogP contribution is 2.15. The maximum Gasteiger partial charge on any atom is 0.265 e. The summed E-state index contributed by atoms with van der Waals surface area (Å²) in [6, 6.07) is 12.5. The van der Waals surface area contributed by atoms with Gasteiger partial charge in [-0.2, -0.15) is 0 Å². The summed E-state index contributed by atoms with van der Waals surface area (Å²) >= 11 is 5.93. The lowest BCUT2D eigenvalue weighted by Gasteiger charge is -2.13. The fourth-order valence-corrected chi connectivity index (χ4v) is 2.81. The zero-order valence-electron chi connectivity index (χ0n) is 14.7. The summed E-state index contributed by atoms with van der Waals surface area (Å²) in [6.07, 6.45) is 1.64. The highest BCUT2D eigenvalue weighted by Gasteiger charge is 2.16. The first-order chi connectivity index (χ1) is 12.5. The summed E-state index contributed by atoms with van der Waals surface area (Å²) in [5, 5.41) is 4.19. The summed E-state index contributed by atoms with van der Waals surface area (Å²) in [6.45, 7) is 4.84. The van der Waals surface area contributed by atoms with Gasteiger partial charge in [-0.3, -0.25) is 14.2 Å². The van der Waals surface area contributed by atoms with Gasteiger partial charge in [0.05, 0.1) is 6.54 Å². The van der Waals surface area contributed by atoms with E-state index in [1.807, 2.05) is 32.0 Å². The van der Waals surface area contributed by atoms with Crippen molar-refractivity contribution in [1.29, 1.82) is 0 Å². The van der Waals surface area contributed by atoms with Gasteiger partial charge in [-0.15, -0.1) is 0 Å². The average Bonchev–Trinajstić information content (AvgIpc) is 2.63. The number of rotatable bonds is 5. The third-order valence-corrected chi connectivity index (χ3v) is 4.27. The molecule has 6 heteroatoms. The number of nitrogens with zero attached hydrogens (tertiary/aromatic N) is 2. The molecule has 1 N–H and O–H groups in total. The number of carbonyl (C=O) groups is 1. The van der Waals surface area contributed by atoms with Gasteiger partial charge in [-0.1, -0.05) is 37.6 Å². The minimum absolute atomic E-state index is 0.125. The zero-order chi connectivity index (χ0) is 18.7. The van der Waals surface area contributed by atoms with Crippen LogP contribution in [0.4, 0.5) is 0 Å². The molecule has 0 radical (unpaired) electrons. The molecular weight excluding hydrogens is 350 g/mol. The third-order valence-electron chi connectivity index (χ3n) is 4.02. The summed E-state index contributed by atoms with van der Waals surface area (Å²) < 4.78 is 1.53. The van der Waals surface area contributed by atoms with E-state index in [1.165, 1.54) is 4.57 Å². The second kappa shape index (κ2) is 7.70. The minimum Gasteiger partial charge on any atom is -0.352 e. The Kier molecular flexibility index (Phi) is 5.38. The van der Waals surface area contributed by atoms with Crippen molar-refractivity contribution in [2.75, 3.05) is 6.54 Å². The molecule has 1 amide bonds. The molecule has 134 valence electrons. The maximum absolute atomic E-state index is 13.0. The summed E-state index contributed by atoms with van der Waals surface area (Å²) in [4.78, 5) is 29.8. The van der Waals surface area contributed by atoms with Crippen molar-refractivity contribution in [3.63, 3.8) is 0 Å². The molecule has 3 rings (SSSR count). The summed E-state index contributed by atoms with van der Waals surface area (Å²) in [5.41, 5.74) is 1.23. The Labute approximate surface area is 156 Å². The Hall–Kier alpha value is -2.66. The van der Waals surface area contributed by atoms with Gasteiger partial charge >= 0.3 is 0 Å². The lowest BCUT2D eigenvalue weighted by atomic mass is 10.1. The molecule has 0 saturated carbocycles. The van der Waals surface area contributed by atoms with Crippen LogP contribution < -0.4 is 10.9 Å². The average molecular weight is 370 g/mol. The molecule has 2 aromatic heterocycles. The Morgan fingerprint density at radius 1 is 1.23 bits per heavy atom. The van der Waals surface area contributed by atoms with Crippen molar-refractivity contribution in [3.05, 3.63) is 75.2 Å². The van der Waals surface area contributed by atoms with Gasteiger partial charge in [0.1, 0.15) is 11.2 Å². The van der Waals surface area contributed by atoms with Gasteiger partial charge in [-0.05, 0) is 41.8 Å². The first-order valence-electron chi connectivity index (χ1n) is 8.47. The second-order valence-corrected chi connectivity index (χ2v) is 7.03. The zero-order valence-corrected chi connectivity index (χ0v) is 15.5. The first kappa shape index (κ1) is 18.1. The van der Waals surface area contributed by atoms with Gasteiger partial charge in [0.15, 0.2) is 0 Å². The van der Waals surface area contributed by atoms with E-state index in [4.69, 9.17) is 11.6 Å². The van der Waals surface area contributed by atoms with Crippen LogP contribution in [0.5, 0.6) is 0 Å². The largest absolute Gasteiger partial charge is 0.352 e. The predicted octanol–water partition coefficient (Wildman–Crippen LogP) is 3.48. The van der Waals surface area contributed by atoms with Crippen LogP contribution in [-0.2, 0) is 6.54 Å². The highest BCUT2D eigenvalue weighted by molar-refractivity contribution is 6.30. The van der Waals surface area contributed by atoms with Gasteiger partial charge in [0.2, 0.25) is 0 Å². The third kappa shape index (κ3) is 3.94. The quantitative estimate of drug-likeness (QED) is 0.748. The molecule has 0 spiro atoms. The minimum atomic E-state index is -0.362. The van der Waals surface area contributed by atoms with Gasteiger partial charge < -0.3 is 5.32 Å². The number of aromatic nitrogens is 2.